The lowest BCUT2D eigenvalue weighted by Gasteiger charge is -2.12. The first-order valence-corrected chi connectivity index (χ1v) is 5.41. The Morgan fingerprint density at radius 3 is 2.28 bits per heavy atom. The highest BCUT2D eigenvalue weighted by molar-refractivity contribution is 5.66. The second kappa shape index (κ2) is 5.86. The van der Waals surface area contributed by atoms with Crippen LogP contribution >= 0.6 is 0 Å². The van der Waals surface area contributed by atoms with Gasteiger partial charge in [-0.2, -0.15) is 13.2 Å². The largest absolute Gasteiger partial charge is 0.481 e. The number of carboxylic acid groups (broad SMARTS) is 1. The van der Waals surface area contributed by atoms with E-state index in [-0.39, 0.29) is 18.4 Å². The average Bonchev–Trinajstić information content (AvgIpc) is 2.24. The van der Waals surface area contributed by atoms with E-state index in [4.69, 9.17) is 10.8 Å². The summed E-state index contributed by atoms with van der Waals surface area (Å²) in [5, 5.41) is 8.50. The standard InChI is InChI=1S/C12H14F3NO2/c13-12(14,15)7-8-1-3-9(4-2-8)10(16)5-6-11(17)18/h1-4,10H,5-7,16H2,(H,17,18). The third kappa shape index (κ3) is 5.18. The summed E-state index contributed by atoms with van der Waals surface area (Å²) in [4.78, 5) is 10.4. The van der Waals surface area contributed by atoms with Gasteiger partial charge in [0.1, 0.15) is 0 Å². The summed E-state index contributed by atoms with van der Waals surface area (Å²) < 4.78 is 36.4. The van der Waals surface area contributed by atoms with Crippen molar-refractivity contribution in [3.63, 3.8) is 0 Å². The molecule has 18 heavy (non-hydrogen) atoms. The third-order valence-corrected chi connectivity index (χ3v) is 2.48. The van der Waals surface area contributed by atoms with E-state index in [9.17, 15) is 18.0 Å². The molecule has 0 saturated carbocycles. The van der Waals surface area contributed by atoms with Gasteiger partial charge in [-0.1, -0.05) is 24.3 Å². The number of nitrogens with two attached hydrogens (primary N) is 1. The molecule has 1 aromatic carbocycles. The van der Waals surface area contributed by atoms with Crippen LogP contribution in [0.3, 0.4) is 0 Å². The van der Waals surface area contributed by atoms with Crippen LogP contribution in [0.4, 0.5) is 13.2 Å². The fraction of sp³-hybridized carbons (Fsp3) is 0.417. The van der Waals surface area contributed by atoms with E-state index in [0.29, 0.717) is 5.56 Å². The fourth-order valence-corrected chi connectivity index (χ4v) is 1.56. The summed E-state index contributed by atoms with van der Waals surface area (Å²) in [6.07, 6.45) is -5.01. The van der Waals surface area contributed by atoms with Gasteiger partial charge in [0.2, 0.25) is 0 Å². The second-order valence-corrected chi connectivity index (χ2v) is 4.07. The van der Waals surface area contributed by atoms with Gasteiger partial charge in [-0.25, -0.2) is 0 Å². The van der Waals surface area contributed by atoms with Crippen molar-refractivity contribution >= 4 is 5.97 Å². The summed E-state index contributed by atoms with van der Waals surface area (Å²) in [6.45, 7) is 0. The predicted octanol–water partition coefficient (Wildman–Crippen LogP) is 2.66. The van der Waals surface area contributed by atoms with Crippen LogP contribution in [0.25, 0.3) is 0 Å². The Balaban J connectivity index is 2.62. The molecule has 1 rings (SSSR count). The maximum absolute atomic E-state index is 12.1. The zero-order valence-corrected chi connectivity index (χ0v) is 9.57. The van der Waals surface area contributed by atoms with Crippen molar-refractivity contribution in [2.45, 2.75) is 31.5 Å². The van der Waals surface area contributed by atoms with Crippen LogP contribution in [0.2, 0.25) is 0 Å². The highest BCUT2D eigenvalue weighted by Crippen LogP contribution is 2.23. The van der Waals surface area contributed by atoms with Crippen LogP contribution in [-0.2, 0) is 11.2 Å². The van der Waals surface area contributed by atoms with Crippen LogP contribution in [0.1, 0.15) is 30.0 Å². The number of hydrogen-bond acceptors (Lipinski definition) is 2. The maximum atomic E-state index is 12.1. The van der Waals surface area contributed by atoms with Gasteiger partial charge in [0.05, 0.1) is 6.42 Å². The molecule has 0 spiro atoms. The summed E-state index contributed by atoms with van der Waals surface area (Å²) >= 11 is 0. The molecule has 100 valence electrons. The zero-order chi connectivity index (χ0) is 13.8. The molecule has 1 aromatic rings. The number of aliphatic carboxylic acids is 1. The molecule has 1 unspecified atom stereocenters. The predicted molar refractivity (Wildman–Crippen MR) is 60.0 cm³/mol. The smallest absolute Gasteiger partial charge is 0.393 e. The minimum absolute atomic E-state index is 0.0640. The van der Waals surface area contributed by atoms with Crippen molar-refractivity contribution in [2.24, 2.45) is 5.73 Å². The Kier molecular flexibility index (Phi) is 4.72. The first kappa shape index (κ1) is 14.5. The van der Waals surface area contributed by atoms with E-state index in [2.05, 4.69) is 0 Å². The number of carbonyl (C=O) groups is 1. The number of halogens is 3. The van der Waals surface area contributed by atoms with Gasteiger partial charge >= 0.3 is 12.1 Å². The lowest BCUT2D eigenvalue weighted by Crippen LogP contribution is -2.13. The molecular weight excluding hydrogens is 247 g/mol. The van der Waals surface area contributed by atoms with E-state index < -0.39 is 24.6 Å². The molecule has 0 saturated heterocycles. The topological polar surface area (TPSA) is 63.3 Å². The van der Waals surface area contributed by atoms with Gasteiger partial charge in [0.15, 0.2) is 0 Å². The minimum atomic E-state index is -4.23. The van der Waals surface area contributed by atoms with Crippen molar-refractivity contribution in [3.05, 3.63) is 35.4 Å². The molecule has 0 aromatic heterocycles. The highest BCUT2D eigenvalue weighted by atomic mass is 19.4. The van der Waals surface area contributed by atoms with Crippen molar-refractivity contribution in [1.82, 2.24) is 0 Å². The van der Waals surface area contributed by atoms with E-state index in [1.807, 2.05) is 0 Å². The van der Waals surface area contributed by atoms with E-state index in [1.165, 1.54) is 24.3 Å². The molecule has 3 nitrogen and oxygen atoms in total. The Morgan fingerprint density at radius 2 is 1.83 bits per heavy atom. The van der Waals surface area contributed by atoms with Crippen LogP contribution in [0, 0.1) is 0 Å². The molecule has 0 bridgehead atoms. The van der Waals surface area contributed by atoms with Crippen LogP contribution in [-0.4, -0.2) is 17.3 Å². The molecule has 0 amide bonds. The molecule has 6 heteroatoms. The average molecular weight is 261 g/mol. The molecule has 1 atom stereocenters. The van der Waals surface area contributed by atoms with Gasteiger partial charge in [0.25, 0.3) is 0 Å². The summed E-state index contributed by atoms with van der Waals surface area (Å²) in [7, 11) is 0. The van der Waals surface area contributed by atoms with Gasteiger partial charge < -0.3 is 10.8 Å². The van der Waals surface area contributed by atoms with Gasteiger partial charge in [-0.05, 0) is 17.5 Å². The van der Waals surface area contributed by atoms with Crippen molar-refractivity contribution in [3.8, 4) is 0 Å². The Labute approximate surface area is 102 Å². The number of rotatable bonds is 5. The zero-order valence-electron chi connectivity index (χ0n) is 9.57. The Hall–Kier alpha value is -1.56. The van der Waals surface area contributed by atoms with Crippen molar-refractivity contribution in [1.29, 1.82) is 0 Å². The first-order valence-electron chi connectivity index (χ1n) is 5.41. The van der Waals surface area contributed by atoms with Gasteiger partial charge in [0, 0.05) is 12.5 Å². The minimum Gasteiger partial charge on any atom is -0.481 e. The summed E-state index contributed by atoms with van der Waals surface area (Å²) in [5.41, 5.74) is 6.54. The van der Waals surface area contributed by atoms with Gasteiger partial charge in [-0.15, -0.1) is 0 Å². The molecule has 0 fully saturated rings. The van der Waals surface area contributed by atoms with Crippen LogP contribution in [0.5, 0.6) is 0 Å². The molecular formula is C12H14F3NO2. The maximum Gasteiger partial charge on any atom is 0.393 e. The van der Waals surface area contributed by atoms with Crippen molar-refractivity contribution < 1.29 is 23.1 Å². The fourth-order valence-electron chi connectivity index (χ4n) is 1.56. The monoisotopic (exact) mass is 261 g/mol. The molecule has 0 heterocycles. The van der Waals surface area contributed by atoms with Crippen molar-refractivity contribution in [2.75, 3.05) is 0 Å². The molecule has 0 radical (unpaired) electrons. The Bertz CT molecular complexity index is 401. The first-order chi connectivity index (χ1) is 8.28. The second-order valence-electron chi connectivity index (χ2n) is 4.07. The van der Waals surface area contributed by atoms with Gasteiger partial charge in [-0.3, -0.25) is 4.79 Å². The molecule has 0 aliphatic carbocycles. The summed E-state index contributed by atoms with van der Waals surface area (Å²) in [5.74, 6) is -0.945. The summed E-state index contributed by atoms with van der Waals surface area (Å²) in [6, 6.07) is 5.27. The van der Waals surface area contributed by atoms with E-state index >= 15 is 0 Å². The molecule has 3 N–H and O–H groups in total. The van der Waals surface area contributed by atoms with E-state index in [0.717, 1.165) is 0 Å². The molecule has 0 aliphatic rings. The lowest BCUT2D eigenvalue weighted by molar-refractivity contribution is -0.137. The number of hydrogen-bond donors (Lipinski definition) is 2. The Morgan fingerprint density at radius 1 is 1.28 bits per heavy atom. The van der Waals surface area contributed by atoms with Crippen LogP contribution in [0.15, 0.2) is 24.3 Å². The number of alkyl halides is 3. The normalized spacial score (nSPS) is 13.3. The quantitative estimate of drug-likeness (QED) is 0.856. The third-order valence-electron chi connectivity index (χ3n) is 2.48. The molecule has 0 aliphatic heterocycles. The van der Waals surface area contributed by atoms with E-state index in [1.54, 1.807) is 0 Å². The number of benzene rings is 1. The number of carboxylic acids is 1. The highest BCUT2D eigenvalue weighted by Gasteiger charge is 2.27. The lowest BCUT2D eigenvalue weighted by atomic mass is 10.0. The SMILES string of the molecule is NC(CCC(=O)O)c1ccc(CC(F)(F)F)cc1. The van der Waals surface area contributed by atoms with Crippen LogP contribution < -0.4 is 5.73 Å².